The van der Waals surface area contributed by atoms with Gasteiger partial charge in [-0.2, -0.15) is 0 Å². The second-order valence-corrected chi connectivity index (χ2v) is 3.63. The Morgan fingerprint density at radius 1 is 1.69 bits per heavy atom. The molecule has 1 heterocycles. The first-order chi connectivity index (χ1) is 7.24. The molecule has 1 aliphatic heterocycles. The van der Waals surface area contributed by atoms with Crippen LogP contribution in [0.15, 0.2) is 0 Å². The van der Waals surface area contributed by atoms with Gasteiger partial charge >= 0.3 is 0 Å². The van der Waals surface area contributed by atoms with Crippen LogP contribution in [0.5, 0.6) is 0 Å². The Hall–Kier alpha value is -0.360. The molecule has 1 saturated heterocycles. The molecule has 0 aliphatic carbocycles. The van der Waals surface area contributed by atoms with Crippen molar-refractivity contribution in [1.29, 1.82) is 0 Å². The van der Waals surface area contributed by atoms with Crippen LogP contribution in [0.4, 0.5) is 0 Å². The number of hydrogen-bond acceptors (Lipinski definition) is 4. The Bertz CT molecular complexity index is 212. The maximum atomic E-state index is 12.0. The first-order valence-corrected chi connectivity index (χ1v) is 5.35. The zero-order valence-corrected chi connectivity index (χ0v) is 10.7. The zero-order chi connectivity index (χ0) is 11.3. The summed E-state index contributed by atoms with van der Waals surface area (Å²) in [5.74, 6) is -0.0184. The predicted molar refractivity (Wildman–Crippen MR) is 63.7 cm³/mol. The van der Waals surface area contributed by atoms with Crippen LogP contribution in [0.1, 0.15) is 13.3 Å². The molecule has 2 N–H and O–H groups in total. The summed E-state index contributed by atoms with van der Waals surface area (Å²) < 4.78 is 10.4. The Morgan fingerprint density at radius 2 is 2.38 bits per heavy atom. The Morgan fingerprint density at radius 3 is 2.88 bits per heavy atom. The van der Waals surface area contributed by atoms with Crippen molar-refractivity contribution in [2.75, 3.05) is 33.4 Å². The summed E-state index contributed by atoms with van der Waals surface area (Å²) >= 11 is 0. The highest BCUT2D eigenvalue weighted by Gasteiger charge is 2.30. The third-order valence-corrected chi connectivity index (χ3v) is 2.76. The van der Waals surface area contributed by atoms with E-state index >= 15 is 0 Å². The Labute approximate surface area is 103 Å². The molecule has 1 amide bonds. The van der Waals surface area contributed by atoms with Crippen molar-refractivity contribution in [1.82, 2.24) is 4.90 Å². The van der Waals surface area contributed by atoms with Crippen molar-refractivity contribution < 1.29 is 14.3 Å². The minimum atomic E-state index is -0.517. The van der Waals surface area contributed by atoms with Gasteiger partial charge < -0.3 is 20.1 Å². The van der Waals surface area contributed by atoms with Crippen molar-refractivity contribution in [2.24, 2.45) is 5.73 Å². The number of morpholine rings is 1. The molecule has 2 atom stereocenters. The summed E-state index contributed by atoms with van der Waals surface area (Å²) in [6.45, 7) is 4.12. The lowest BCUT2D eigenvalue weighted by atomic mass is 10.1. The zero-order valence-electron chi connectivity index (χ0n) is 9.85. The van der Waals surface area contributed by atoms with Crippen LogP contribution in [0.3, 0.4) is 0 Å². The Balaban J connectivity index is 0.00000225. The van der Waals surface area contributed by atoms with Gasteiger partial charge in [0, 0.05) is 20.2 Å². The fourth-order valence-corrected chi connectivity index (χ4v) is 1.77. The number of carbonyl (C=O) groups excluding carboxylic acids is 1. The second kappa shape index (κ2) is 7.84. The predicted octanol–water partition coefficient (Wildman–Crippen LogP) is 0.0193. The summed E-state index contributed by atoms with van der Waals surface area (Å²) in [5.41, 5.74) is 5.47. The van der Waals surface area contributed by atoms with Gasteiger partial charge in [-0.25, -0.2) is 0 Å². The fourth-order valence-electron chi connectivity index (χ4n) is 1.77. The number of nitrogens with zero attached hydrogens (tertiary/aromatic N) is 1. The number of methoxy groups -OCH3 is 1. The van der Waals surface area contributed by atoms with Crippen LogP contribution in [-0.2, 0) is 14.3 Å². The van der Waals surface area contributed by atoms with Crippen LogP contribution in [-0.4, -0.2) is 56.4 Å². The highest BCUT2D eigenvalue weighted by Crippen LogP contribution is 2.12. The first-order valence-electron chi connectivity index (χ1n) is 5.35. The van der Waals surface area contributed by atoms with E-state index in [4.69, 9.17) is 15.2 Å². The largest absolute Gasteiger partial charge is 0.377 e. The van der Waals surface area contributed by atoms with Crippen LogP contribution in [0.2, 0.25) is 0 Å². The van der Waals surface area contributed by atoms with Gasteiger partial charge in [-0.3, -0.25) is 4.79 Å². The van der Waals surface area contributed by atoms with Crippen LogP contribution in [0.25, 0.3) is 0 Å². The normalized spacial score (nSPS) is 22.4. The molecule has 6 heteroatoms. The van der Waals surface area contributed by atoms with E-state index in [0.29, 0.717) is 19.8 Å². The molecule has 1 fully saturated rings. The fraction of sp³-hybridized carbons (Fsp3) is 0.900. The van der Waals surface area contributed by atoms with E-state index in [1.807, 2.05) is 11.8 Å². The number of ether oxygens (including phenoxy) is 2. The molecule has 1 aliphatic rings. The number of hydrogen-bond donors (Lipinski definition) is 1. The number of carbonyl (C=O) groups is 1. The monoisotopic (exact) mass is 252 g/mol. The summed E-state index contributed by atoms with van der Waals surface area (Å²) in [5, 5.41) is 0. The number of nitrogens with two attached hydrogens (primary N) is 1. The van der Waals surface area contributed by atoms with E-state index in [1.165, 1.54) is 7.11 Å². The van der Waals surface area contributed by atoms with Gasteiger partial charge in [0.2, 0.25) is 0 Å². The summed E-state index contributed by atoms with van der Waals surface area (Å²) in [4.78, 5) is 13.8. The molecule has 5 nitrogen and oxygen atoms in total. The third kappa shape index (κ3) is 3.59. The van der Waals surface area contributed by atoms with Crippen molar-refractivity contribution >= 4 is 18.3 Å². The molecular weight excluding hydrogens is 232 g/mol. The maximum Gasteiger partial charge on any atom is 0.253 e. The highest BCUT2D eigenvalue weighted by molar-refractivity contribution is 5.85. The van der Waals surface area contributed by atoms with Crippen LogP contribution >= 0.6 is 12.4 Å². The molecular formula is C10H21ClN2O3. The molecule has 0 aromatic heterocycles. The third-order valence-electron chi connectivity index (χ3n) is 2.76. The number of halogens is 1. The lowest BCUT2D eigenvalue weighted by Crippen LogP contribution is -2.53. The lowest BCUT2D eigenvalue weighted by molar-refractivity contribution is -0.150. The minimum absolute atomic E-state index is 0. The molecule has 96 valence electrons. The molecule has 0 bridgehead atoms. The van der Waals surface area contributed by atoms with Gasteiger partial charge in [0.15, 0.2) is 0 Å². The van der Waals surface area contributed by atoms with Gasteiger partial charge in [0.05, 0.1) is 19.3 Å². The van der Waals surface area contributed by atoms with E-state index < -0.39 is 6.10 Å². The van der Waals surface area contributed by atoms with E-state index in [-0.39, 0.29) is 30.9 Å². The molecule has 2 unspecified atom stereocenters. The van der Waals surface area contributed by atoms with E-state index in [2.05, 4.69) is 0 Å². The second-order valence-electron chi connectivity index (χ2n) is 3.63. The SMILES string of the molecule is CCC1COCCN1C(=O)C(CN)OC.Cl. The van der Waals surface area contributed by atoms with Crippen LogP contribution in [0, 0.1) is 0 Å². The molecule has 0 spiro atoms. The van der Waals surface area contributed by atoms with Gasteiger partial charge in [0.25, 0.3) is 5.91 Å². The molecule has 0 aromatic carbocycles. The molecule has 1 rings (SSSR count). The number of amides is 1. The maximum absolute atomic E-state index is 12.0. The van der Waals surface area contributed by atoms with Gasteiger partial charge in [-0.15, -0.1) is 12.4 Å². The van der Waals surface area contributed by atoms with Gasteiger partial charge in [-0.1, -0.05) is 6.92 Å². The highest BCUT2D eigenvalue weighted by atomic mass is 35.5. The minimum Gasteiger partial charge on any atom is -0.377 e. The van der Waals surface area contributed by atoms with Crippen molar-refractivity contribution in [2.45, 2.75) is 25.5 Å². The van der Waals surface area contributed by atoms with E-state index in [9.17, 15) is 4.79 Å². The van der Waals surface area contributed by atoms with Crippen LogP contribution < -0.4 is 5.73 Å². The lowest BCUT2D eigenvalue weighted by Gasteiger charge is -2.36. The van der Waals surface area contributed by atoms with E-state index in [0.717, 1.165) is 6.42 Å². The van der Waals surface area contributed by atoms with Crippen molar-refractivity contribution in [3.8, 4) is 0 Å². The summed E-state index contributed by atoms with van der Waals surface area (Å²) in [6.07, 6.45) is 0.379. The van der Waals surface area contributed by atoms with Gasteiger partial charge in [-0.05, 0) is 6.42 Å². The summed E-state index contributed by atoms with van der Waals surface area (Å²) in [6, 6.07) is 0.162. The van der Waals surface area contributed by atoms with Crippen molar-refractivity contribution in [3.05, 3.63) is 0 Å². The molecule has 0 aromatic rings. The Kier molecular flexibility index (Phi) is 7.66. The molecule has 0 saturated carbocycles. The molecule has 0 radical (unpaired) electrons. The quantitative estimate of drug-likeness (QED) is 0.766. The van der Waals surface area contributed by atoms with Crippen molar-refractivity contribution in [3.63, 3.8) is 0 Å². The van der Waals surface area contributed by atoms with E-state index in [1.54, 1.807) is 0 Å². The molecule has 16 heavy (non-hydrogen) atoms. The van der Waals surface area contributed by atoms with Gasteiger partial charge in [0.1, 0.15) is 6.10 Å². The standard InChI is InChI=1S/C10H20N2O3.ClH/c1-3-8-7-15-5-4-12(8)10(13)9(6-11)14-2;/h8-9H,3-7,11H2,1-2H3;1H. The average molecular weight is 253 g/mol. The average Bonchev–Trinajstić information content (AvgIpc) is 2.30. The summed E-state index contributed by atoms with van der Waals surface area (Å²) in [7, 11) is 1.51. The smallest absolute Gasteiger partial charge is 0.253 e. The topological polar surface area (TPSA) is 64.8 Å². The first kappa shape index (κ1) is 15.6. The number of rotatable bonds is 4.